The zero-order valence-electron chi connectivity index (χ0n) is 12.0. The number of anilines is 1. The molecule has 2 rings (SSSR count). The Hall–Kier alpha value is -2.11. The Labute approximate surface area is 118 Å². The molecule has 1 unspecified atom stereocenters. The SMILES string of the molecule is CN(C)c1ccncc1C(=O)N1CCC(C)(C(=O)O)C1. The summed E-state index contributed by atoms with van der Waals surface area (Å²) in [4.78, 5) is 31.2. The van der Waals surface area contributed by atoms with E-state index in [9.17, 15) is 14.7 Å². The van der Waals surface area contributed by atoms with Crippen LogP contribution in [0.4, 0.5) is 5.69 Å². The molecular weight excluding hydrogens is 258 g/mol. The van der Waals surface area contributed by atoms with Crippen LogP contribution in [0, 0.1) is 5.41 Å². The average Bonchev–Trinajstić information content (AvgIpc) is 2.82. The molecule has 1 aromatic rings. The number of carboxylic acid groups (broad SMARTS) is 1. The molecule has 0 aliphatic carbocycles. The average molecular weight is 277 g/mol. The molecule has 0 aromatic carbocycles. The topological polar surface area (TPSA) is 73.7 Å². The third-order valence-electron chi connectivity index (χ3n) is 3.79. The van der Waals surface area contributed by atoms with Gasteiger partial charge in [-0.3, -0.25) is 14.6 Å². The summed E-state index contributed by atoms with van der Waals surface area (Å²) in [6.07, 6.45) is 3.65. The lowest BCUT2D eigenvalue weighted by molar-refractivity contribution is -0.147. The second-order valence-electron chi connectivity index (χ2n) is 5.63. The predicted molar refractivity (Wildman–Crippen MR) is 74.8 cm³/mol. The van der Waals surface area contributed by atoms with Crippen molar-refractivity contribution < 1.29 is 14.7 Å². The summed E-state index contributed by atoms with van der Waals surface area (Å²) in [5.74, 6) is -1.02. The standard InChI is InChI=1S/C14H19N3O3/c1-14(13(19)20)5-7-17(9-14)12(18)10-8-15-6-4-11(10)16(2)3/h4,6,8H,5,7,9H2,1-3H3,(H,19,20). The van der Waals surface area contributed by atoms with Crippen LogP contribution >= 0.6 is 0 Å². The highest BCUT2D eigenvalue weighted by Gasteiger charge is 2.42. The van der Waals surface area contributed by atoms with Gasteiger partial charge >= 0.3 is 5.97 Å². The first kappa shape index (κ1) is 14.3. The van der Waals surface area contributed by atoms with Crippen LogP contribution in [-0.4, -0.2) is 54.1 Å². The summed E-state index contributed by atoms with van der Waals surface area (Å²) in [5.41, 5.74) is 0.442. The minimum absolute atomic E-state index is 0.160. The maximum atomic E-state index is 12.5. The van der Waals surface area contributed by atoms with E-state index in [1.807, 2.05) is 19.0 Å². The maximum Gasteiger partial charge on any atom is 0.311 e. The molecule has 1 atom stereocenters. The highest BCUT2D eigenvalue weighted by Crippen LogP contribution is 2.32. The molecule has 20 heavy (non-hydrogen) atoms. The Balaban J connectivity index is 2.24. The first-order valence-corrected chi connectivity index (χ1v) is 6.49. The number of amides is 1. The van der Waals surface area contributed by atoms with E-state index in [2.05, 4.69) is 4.98 Å². The van der Waals surface area contributed by atoms with Crippen LogP contribution in [0.15, 0.2) is 18.5 Å². The number of hydrogen-bond acceptors (Lipinski definition) is 4. The minimum atomic E-state index is -0.855. The van der Waals surface area contributed by atoms with E-state index in [1.54, 1.807) is 24.1 Å². The fourth-order valence-corrected chi connectivity index (χ4v) is 2.42. The van der Waals surface area contributed by atoms with Gasteiger partial charge in [-0.25, -0.2) is 0 Å². The van der Waals surface area contributed by atoms with Crippen molar-refractivity contribution in [2.24, 2.45) is 5.41 Å². The number of pyridine rings is 1. The van der Waals surface area contributed by atoms with Crippen molar-refractivity contribution in [1.29, 1.82) is 0 Å². The molecule has 1 aliphatic heterocycles. The van der Waals surface area contributed by atoms with Crippen LogP contribution < -0.4 is 4.90 Å². The largest absolute Gasteiger partial charge is 0.481 e. The second-order valence-corrected chi connectivity index (χ2v) is 5.63. The molecule has 1 N–H and O–H groups in total. The van der Waals surface area contributed by atoms with Gasteiger partial charge in [-0.1, -0.05) is 0 Å². The summed E-state index contributed by atoms with van der Waals surface area (Å²) in [5, 5.41) is 9.23. The zero-order valence-corrected chi connectivity index (χ0v) is 12.0. The van der Waals surface area contributed by atoms with Crippen LogP contribution in [0.1, 0.15) is 23.7 Å². The number of likely N-dealkylation sites (tertiary alicyclic amines) is 1. The highest BCUT2D eigenvalue weighted by atomic mass is 16.4. The van der Waals surface area contributed by atoms with E-state index in [-0.39, 0.29) is 12.5 Å². The minimum Gasteiger partial charge on any atom is -0.481 e. The smallest absolute Gasteiger partial charge is 0.311 e. The number of aromatic nitrogens is 1. The summed E-state index contributed by atoms with van der Waals surface area (Å²) in [6, 6.07) is 1.78. The Bertz CT molecular complexity index is 544. The lowest BCUT2D eigenvalue weighted by Gasteiger charge is -2.22. The maximum absolute atomic E-state index is 12.5. The fourth-order valence-electron chi connectivity index (χ4n) is 2.42. The van der Waals surface area contributed by atoms with E-state index in [0.29, 0.717) is 18.5 Å². The number of carboxylic acids is 1. The van der Waals surface area contributed by atoms with Crippen LogP contribution in [0.2, 0.25) is 0 Å². The molecule has 6 nitrogen and oxygen atoms in total. The van der Waals surface area contributed by atoms with Crippen molar-refractivity contribution in [2.45, 2.75) is 13.3 Å². The van der Waals surface area contributed by atoms with Gasteiger partial charge < -0.3 is 14.9 Å². The molecule has 0 bridgehead atoms. The Morgan fingerprint density at radius 1 is 1.45 bits per heavy atom. The number of rotatable bonds is 3. The van der Waals surface area contributed by atoms with E-state index in [0.717, 1.165) is 5.69 Å². The van der Waals surface area contributed by atoms with Gasteiger partial charge in [0.25, 0.3) is 5.91 Å². The molecule has 1 aliphatic rings. The van der Waals surface area contributed by atoms with E-state index in [4.69, 9.17) is 0 Å². The molecule has 1 aromatic heterocycles. The van der Waals surface area contributed by atoms with E-state index < -0.39 is 11.4 Å². The second kappa shape index (κ2) is 5.11. The van der Waals surface area contributed by atoms with Gasteiger partial charge in [-0.15, -0.1) is 0 Å². The fraction of sp³-hybridized carbons (Fsp3) is 0.500. The van der Waals surface area contributed by atoms with E-state index in [1.165, 1.54) is 6.20 Å². The number of hydrogen-bond donors (Lipinski definition) is 1. The van der Waals surface area contributed by atoms with Crippen molar-refractivity contribution in [3.05, 3.63) is 24.0 Å². The third kappa shape index (κ3) is 2.45. The lowest BCUT2D eigenvalue weighted by Crippen LogP contribution is -2.35. The van der Waals surface area contributed by atoms with Crippen LogP contribution in [0.25, 0.3) is 0 Å². The molecule has 0 spiro atoms. The molecule has 1 amide bonds. The number of nitrogens with zero attached hydrogens (tertiary/aromatic N) is 3. The van der Waals surface area contributed by atoms with Gasteiger partial charge in [0, 0.05) is 39.6 Å². The zero-order chi connectivity index (χ0) is 14.9. The van der Waals surface area contributed by atoms with E-state index >= 15 is 0 Å². The number of carbonyl (C=O) groups is 2. The van der Waals surface area contributed by atoms with Gasteiger partial charge in [0.15, 0.2) is 0 Å². The summed E-state index contributed by atoms with van der Waals surface area (Å²) in [6.45, 7) is 2.38. The Morgan fingerprint density at radius 3 is 2.70 bits per heavy atom. The van der Waals surface area contributed by atoms with Crippen molar-refractivity contribution >= 4 is 17.6 Å². The molecule has 0 saturated carbocycles. The first-order valence-electron chi connectivity index (χ1n) is 6.49. The van der Waals surface area contributed by atoms with Crippen LogP contribution in [-0.2, 0) is 4.79 Å². The molecule has 6 heteroatoms. The predicted octanol–water partition coefficient (Wildman–Crippen LogP) is 1.08. The number of carbonyl (C=O) groups excluding carboxylic acids is 1. The normalized spacial score (nSPS) is 21.9. The quantitative estimate of drug-likeness (QED) is 0.895. The van der Waals surface area contributed by atoms with Crippen molar-refractivity contribution in [1.82, 2.24) is 9.88 Å². The molecule has 1 saturated heterocycles. The molecular formula is C14H19N3O3. The van der Waals surface area contributed by atoms with Crippen LogP contribution in [0.3, 0.4) is 0 Å². The molecule has 108 valence electrons. The van der Waals surface area contributed by atoms with Gasteiger partial charge in [0.2, 0.25) is 0 Å². The van der Waals surface area contributed by atoms with Crippen molar-refractivity contribution in [3.8, 4) is 0 Å². The summed E-state index contributed by atoms with van der Waals surface area (Å²) in [7, 11) is 3.72. The summed E-state index contributed by atoms with van der Waals surface area (Å²) < 4.78 is 0. The highest BCUT2D eigenvalue weighted by molar-refractivity contribution is 6.00. The van der Waals surface area contributed by atoms with Gasteiger partial charge in [-0.05, 0) is 19.4 Å². The Kier molecular flexibility index (Phi) is 3.65. The molecule has 1 fully saturated rings. The summed E-state index contributed by atoms with van der Waals surface area (Å²) >= 11 is 0. The third-order valence-corrected chi connectivity index (χ3v) is 3.79. The monoisotopic (exact) mass is 277 g/mol. The van der Waals surface area contributed by atoms with Crippen molar-refractivity contribution in [3.63, 3.8) is 0 Å². The lowest BCUT2D eigenvalue weighted by atomic mass is 9.90. The van der Waals surface area contributed by atoms with Gasteiger partial charge in [0.1, 0.15) is 0 Å². The molecule has 2 heterocycles. The number of aliphatic carboxylic acids is 1. The van der Waals surface area contributed by atoms with Crippen LogP contribution in [0.5, 0.6) is 0 Å². The van der Waals surface area contributed by atoms with Crippen molar-refractivity contribution in [2.75, 3.05) is 32.1 Å². The van der Waals surface area contributed by atoms with Gasteiger partial charge in [-0.2, -0.15) is 0 Å². The Morgan fingerprint density at radius 2 is 2.15 bits per heavy atom. The molecule has 0 radical (unpaired) electrons. The first-order chi connectivity index (χ1) is 9.35. The van der Waals surface area contributed by atoms with Gasteiger partial charge in [0.05, 0.1) is 16.7 Å².